The van der Waals surface area contributed by atoms with Crippen molar-refractivity contribution in [2.24, 2.45) is 0 Å². The van der Waals surface area contributed by atoms with Crippen molar-refractivity contribution in [3.63, 3.8) is 0 Å². The van der Waals surface area contributed by atoms with E-state index in [9.17, 15) is 9.50 Å². The molecule has 0 aromatic heterocycles. The van der Waals surface area contributed by atoms with E-state index in [1.54, 1.807) is 6.07 Å². The number of hydrogen-bond donors (Lipinski definition) is 2. The van der Waals surface area contributed by atoms with E-state index in [4.69, 9.17) is 4.74 Å². The zero-order valence-electron chi connectivity index (χ0n) is 9.66. The molecule has 16 heavy (non-hydrogen) atoms. The average Bonchev–Trinajstić information content (AvgIpc) is 2.25. The van der Waals surface area contributed by atoms with E-state index in [1.807, 2.05) is 13.8 Å². The molecule has 0 heterocycles. The molecule has 1 aromatic carbocycles. The molecule has 4 heteroatoms. The van der Waals surface area contributed by atoms with Crippen LogP contribution in [0, 0.1) is 12.7 Å². The highest BCUT2D eigenvalue weighted by molar-refractivity contribution is 5.50. The van der Waals surface area contributed by atoms with E-state index >= 15 is 0 Å². The van der Waals surface area contributed by atoms with Crippen LogP contribution in [0.15, 0.2) is 18.2 Å². The summed E-state index contributed by atoms with van der Waals surface area (Å²) < 4.78 is 17.9. The van der Waals surface area contributed by atoms with Crippen molar-refractivity contribution in [2.45, 2.75) is 20.0 Å². The molecule has 0 fully saturated rings. The van der Waals surface area contributed by atoms with Crippen LogP contribution in [0.4, 0.5) is 10.1 Å². The second-order valence-corrected chi connectivity index (χ2v) is 3.65. The first kappa shape index (κ1) is 12.9. The second-order valence-electron chi connectivity index (χ2n) is 3.65. The van der Waals surface area contributed by atoms with Gasteiger partial charge in [-0.15, -0.1) is 0 Å². The Bertz CT molecular complexity index is 331. The Morgan fingerprint density at radius 3 is 2.88 bits per heavy atom. The molecule has 0 aliphatic heterocycles. The SMILES string of the molecule is CCOCC(O)CNc1ccc(F)cc1C. The monoisotopic (exact) mass is 227 g/mol. The maximum atomic E-state index is 12.8. The fourth-order valence-electron chi connectivity index (χ4n) is 1.37. The molecule has 1 rings (SSSR count). The molecule has 1 aromatic rings. The normalized spacial score (nSPS) is 12.5. The zero-order valence-corrected chi connectivity index (χ0v) is 9.66. The quantitative estimate of drug-likeness (QED) is 0.780. The summed E-state index contributed by atoms with van der Waals surface area (Å²) in [4.78, 5) is 0. The number of hydrogen-bond acceptors (Lipinski definition) is 3. The molecule has 0 aliphatic carbocycles. The number of aryl methyl sites for hydroxylation is 1. The van der Waals surface area contributed by atoms with E-state index in [0.29, 0.717) is 19.8 Å². The minimum Gasteiger partial charge on any atom is -0.389 e. The van der Waals surface area contributed by atoms with Crippen molar-refractivity contribution < 1.29 is 14.2 Å². The van der Waals surface area contributed by atoms with E-state index in [0.717, 1.165) is 11.3 Å². The van der Waals surface area contributed by atoms with E-state index in [1.165, 1.54) is 12.1 Å². The number of rotatable bonds is 6. The number of anilines is 1. The van der Waals surface area contributed by atoms with Gasteiger partial charge in [-0.1, -0.05) is 0 Å². The molecule has 0 radical (unpaired) electrons. The Morgan fingerprint density at radius 1 is 1.50 bits per heavy atom. The standard InChI is InChI=1S/C12H18FNO2/c1-3-16-8-11(15)7-14-12-5-4-10(13)6-9(12)2/h4-6,11,14-15H,3,7-8H2,1-2H3. The number of aliphatic hydroxyl groups is 1. The third-order valence-electron chi connectivity index (χ3n) is 2.23. The van der Waals surface area contributed by atoms with Gasteiger partial charge in [0.05, 0.1) is 12.7 Å². The van der Waals surface area contributed by atoms with Crippen LogP contribution >= 0.6 is 0 Å². The summed E-state index contributed by atoms with van der Waals surface area (Å²) in [6, 6.07) is 4.51. The molecular formula is C12H18FNO2. The van der Waals surface area contributed by atoms with Crippen LogP contribution in [-0.4, -0.2) is 31.0 Å². The van der Waals surface area contributed by atoms with Crippen LogP contribution < -0.4 is 5.32 Å². The van der Waals surface area contributed by atoms with Crippen LogP contribution in [0.25, 0.3) is 0 Å². The predicted octanol–water partition coefficient (Wildman–Crippen LogP) is 1.94. The van der Waals surface area contributed by atoms with Crippen LogP contribution in [-0.2, 0) is 4.74 Å². The molecule has 0 saturated heterocycles. The molecule has 0 aliphatic rings. The van der Waals surface area contributed by atoms with Crippen molar-refractivity contribution in [3.8, 4) is 0 Å². The lowest BCUT2D eigenvalue weighted by Gasteiger charge is -2.14. The lowest BCUT2D eigenvalue weighted by molar-refractivity contribution is 0.0496. The van der Waals surface area contributed by atoms with E-state index in [-0.39, 0.29) is 5.82 Å². The maximum absolute atomic E-state index is 12.8. The third kappa shape index (κ3) is 4.16. The highest BCUT2D eigenvalue weighted by Gasteiger charge is 2.05. The topological polar surface area (TPSA) is 41.5 Å². The van der Waals surface area contributed by atoms with Crippen molar-refractivity contribution in [1.29, 1.82) is 0 Å². The van der Waals surface area contributed by atoms with Gasteiger partial charge in [-0.3, -0.25) is 0 Å². The molecule has 2 N–H and O–H groups in total. The van der Waals surface area contributed by atoms with Crippen molar-refractivity contribution in [2.75, 3.05) is 25.1 Å². The third-order valence-corrected chi connectivity index (χ3v) is 2.23. The van der Waals surface area contributed by atoms with Crippen LogP contribution in [0.5, 0.6) is 0 Å². The second kappa shape index (κ2) is 6.45. The van der Waals surface area contributed by atoms with Crippen molar-refractivity contribution in [1.82, 2.24) is 0 Å². The summed E-state index contributed by atoms with van der Waals surface area (Å²) >= 11 is 0. The Morgan fingerprint density at radius 2 is 2.25 bits per heavy atom. The fraction of sp³-hybridized carbons (Fsp3) is 0.500. The molecule has 0 amide bonds. The maximum Gasteiger partial charge on any atom is 0.123 e. The predicted molar refractivity (Wildman–Crippen MR) is 62.1 cm³/mol. The number of ether oxygens (including phenoxy) is 1. The Labute approximate surface area is 95.2 Å². The molecule has 90 valence electrons. The molecule has 0 bridgehead atoms. The van der Waals surface area contributed by atoms with Gasteiger partial charge < -0.3 is 15.2 Å². The summed E-state index contributed by atoms with van der Waals surface area (Å²) in [6.45, 7) is 4.99. The molecule has 1 atom stereocenters. The summed E-state index contributed by atoms with van der Waals surface area (Å²) in [5.74, 6) is -0.252. The Hall–Kier alpha value is -1.13. The summed E-state index contributed by atoms with van der Waals surface area (Å²) in [5, 5.41) is 12.6. The minimum atomic E-state index is -0.551. The molecule has 1 unspecified atom stereocenters. The first-order chi connectivity index (χ1) is 7.63. The average molecular weight is 227 g/mol. The van der Waals surface area contributed by atoms with Crippen molar-refractivity contribution >= 4 is 5.69 Å². The Kier molecular flexibility index (Phi) is 5.22. The van der Waals surface area contributed by atoms with Crippen LogP contribution in [0.1, 0.15) is 12.5 Å². The van der Waals surface area contributed by atoms with Gasteiger partial charge in [-0.25, -0.2) is 4.39 Å². The molecule has 3 nitrogen and oxygen atoms in total. The van der Waals surface area contributed by atoms with Gasteiger partial charge in [0.15, 0.2) is 0 Å². The summed E-state index contributed by atoms with van der Waals surface area (Å²) in [6.07, 6.45) is -0.551. The highest BCUT2D eigenvalue weighted by atomic mass is 19.1. The van der Waals surface area contributed by atoms with Gasteiger partial charge >= 0.3 is 0 Å². The number of nitrogens with one attached hydrogen (secondary N) is 1. The molecule has 0 spiro atoms. The van der Waals surface area contributed by atoms with Crippen LogP contribution in [0.3, 0.4) is 0 Å². The van der Waals surface area contributed by atoms with Gasteiger partial charge in [0.1, 0.15) is 5.82 Å². The first-order valence-electron chi connectivity index (χ1n) is 5.39. The van der Waals surface area contributed by atoms with Gasteiger partial charge in [-0.2, -0.15) is 0 Å². The smallest absolute Gasteiger partial charge is 0.123 e. The highest BCUT2D eigenvalue weighted by Crippen LogP contribution is 2.15. The van der Waals surface area contributed by atoms with Crippen LogP contribution in [0.2, 0.25) is 0 Å². The molecule has 0 saturated carbocycles. The largest absolute Gasteiger partial charge is 0.389 e. The number of aliphatic hydroxyl groups excluding tert-OH is 1. The number of halogens is 1. The Balaban J connectivity index is 2.42. The van der Waals surface area contributed by atoms with Gasteiger partial charge in [0.2, 0.25) is 0 Å². The van der Waals surface area contributed by atoms with Gasteiger partial charge in [-0.05, 0) is 37.6 Å². The zero-order chi connectivity index (χ0) is 12.0. The first-order valence-corrected chi connectivity index (χ1v) is 5.39. The van der Waals surface area contributed by atoms with Gasteiger partial charge in [0.25, 0.3) is 0 Å². The van der Waals surface area contributed by atoms with Crippen molar-refractivity contribution in [3.05, 3.63) is 29.6 Å². The lowest BCUT2D eigenvalue weighted by Crippen LogP contribution is -2.25. The molecular weight excluding hydrogens is 209 g/mol. The van der Waals surface area contributed by atoms with E-state index in [2.05, 4.69) is 5.32 Å². The summed E-state index contributed by atoms with van der Waals surface area (Å²) in [5.41, 5.74) is 1.65. The number of benzene rings is 1. The minimum absolute atomic E-state index is 0.252. The van der Waals surface area contributed by atoms with Gasteiger partial charge in [0, 0.05) is 18.8 Å². The lowest BCUT2D eigenvalue weighted by atomic mass is 10.2. The summed E-state index contributed by atoms with van der Waals surface area (Å²) in [7, 11) is 0. The van der Waals surface area contributed by atoms with E-state index < -0.39 is 6.10 Å². The fourth-order valence-corrected chi connectivity index (χ4v) is 1.37.